The molecule has 1 fully saturated rings. The molecule has 1 aliphatic carbocycles. The first-order valence-electron chi connectivity index (χ1n) is 10.9. The number of sulfonamides is 1. The molecule has 2 aromatic rings. The number of rotatable bonds is 8. The molecule has 0 aromatic heterocycles. The van der Waals surface area contributed by atoms with Gasteiger partial charge >= 0.3 is 0 Å². The van der Waals surface area contributed by atoms with Crippen molar-refractivity contribution >= 4 is 41.0 Å². The smallest absolute Gasteiger partial charge is 0.254 e. The number of benzene rings is 2. The maximum Gasteiger partial charge on any atom is 0.254 e. The molecule has 0 spiro atoms. The van der Waals surface area contributed by atoms with Gasteiger partial charge < -0.3 is 10.4 Å². The molecule has 3 atom stereocenters. The number of alkyl halides is 1. The zero-order valence-corrected chi connectivity index (χ0v) is 21.6. The van der Waals surface area contributed by atoms with Gasteiger partial charge in [-0.05, 0) is 50.1 Å². The number of carbonyl (C=O) groups excluding carboxylic acids is 1. The highest BCUT2D eigenvalue weighted by molar-refractivity contribution is 7.89. The number of nitrogens with zero attached hydrogens (tertiary/aromatic N) is 1. The average molecular weight is 553 g/mol. The van der Waals surface area contributed by atoms with E-state index in [0.717, 1.165) is 16.4 Å². The Morgan fingerprint density at radius 3 is 2.37 bits per heavy atom. The van der Waals surface area contributed by atoms with Crippen LogP contribution in [0.1, 0.15) is 48.5 Å². The van der Waals surface area contributed by atoms with Crippen molar-refractivity contribution in [3.8, 4) is 0 Å². The van der Waals surface area contributed by atoms with Gasteiger partial charge in [-0.1, -0.05) is 30.5 Å². The van der Waals surface area contributed by atoms with Crippen molar-refractivity contribution in [2.75, 3.05) is 6.61 Å². The first-order valence-corrected chi connectivity index (χ1v) is 12.7. The highest BCUT2D eigenvalue weighted by Gasteiger charge is 2.38. The molecule has 35 heavy (non-hydrogen) atoms. The van der Waals surface area contributed by atoms with E-state index in [0.29, 0.717) is 17.9 Å². The number of carbonyl (C=O) groups is 1. The van der Waals surface area contributed by atoms with Gasteiger partial charge in [0.2, 0.25) is 10.0 Å². The Hall–Kier alpha value is -1.79. The first-order chi connectivity index (χ1) is 16.1. The van der Waals surface area contributed by atoms with Gasteiger partial charge in [-0.15, -0.1) is 0 Å². The quantitative estimate of drug-likeness (QED) is 0.511. The fourth-order valence-electron chi connectivity index (χ4n) is 3.91. The highest BCUT2D eigenvalue weighted by atomic mass is 35.5. The molecule has 194 valence electrons. The lowest BCUT2D eigenvalue weighted by atomic mass is 9.93. The summed E-state index contributed by atoms with van der Waals surface area (Å²) in [6.45, 7) is 0.475. The maximum absolute atomic E-state index is 15.0. The van der Waals surface area contributed by atoms with Gasteiger partial charge in [-0.25, -0.2) is 21.6 Å². The van der Waals surface area contributed by atoms with Crippen LogP contribution in [0.3, 0.4) is 0 Å². The third kappa shape index (κ3) is 6.71. The Morgan fingerprint density at radius 1 is 1.14 bits per heavy atom. The number of aliphatic hydroxyl groups is 1. The summed E-state index contributed by atoms with van der Waals surface area (Å²) in [5, 5.41) is 11.7. The van der Waals surface area contributed by atoms with Crippen LogP contribution in [0, 0.1) is 11.6 Å². The minimum atomic E-state index is -4.29. The molecule has 0 radical (unpaired) electrons. The number of halogens is 4. The van der Waals surface area contributed by atoms with E-state index in [1.807, 2.05) is 0 Å². The van der Waals surface area contributed by atoms with E-state index in [9.17, 15) is 26.4 Å². The minimum Gasteiger partial charge on any atom is -0.394 e. The molecule has 0 aliphatic heterocycles. The van der Waals surface area contributed by atoms with Crippen molar-refractivity contribution in [3.05, 3.63) is 64.2 Å². The summed E-state index contributed by atoms with van der Waals surface area (Å²) in [5.41, 5.74) is -0.922. The largest absolute Gasteiger partial charge is 0.394 e. The summed E-state index contributed by atoms with van der Waals surface area (Å²) >= 11 is 5.86. The van der Waals surface area contributed by atoms with E-state index in [-0.39, 0.29) is 36.8 Å². The van der Waals surface area contributed by atoms with E-state index >= 15 is 0 Å². The molecule has 12 heteroatoms. The van der Waals surface area contributed by atoms with Gasteiger partial charge in [0.15, 0.2) is 11.6 Å². The molecule has 3 rings (SSSR count). The average Bonchev–Trinajstić information content (AvgIpc) is 2.80. The maximum atomic E-state index is 15.0. The van der Waals surface area contributed by atoms with Crippen molar-refractivity contribution in [3.63, 3.8) is 0 Å². The lowest BCUT2D eigenvalue weighted by Crippen LogP contribution is -2.46. The zero-order chi connectivity index (χ0) is 25.0. The monoisotopic (exact) mass is 552 g/mol. The Kier molecular flexibility index (Phi) is 10.5. The Labute approximate surface area is 215 Å². The minimum absolute atomic E-state index is 0. The number of aliphatic hydroxyl groups excluding tert-OH is 1. The van der Waals surface area contributed by atoms with Crippen molar-refractivity contribution < 1.29 is 31.5 Å². The topological polar surface area (TPSA) is 86.7 Å². The fraction of sp³-hybridized carbons (Fsp3) is 0.435. The lowest BCUT2D eigenvalue weighted by Gasteiger charge is -2.35. The standard InChI is InChI=1S/C23H26ClF3N2O4S.H2S/c1-14(13-30)28-23(31)18-11-6-15(21(26)22(18)27)12-29(20-5-3-2-4-19(20)25)34(32,33)17-9-7-16(24)8-10-17;/h6-11,14,19-20,30H,2-5,12-13H2,1H3,(H,28,31);1H2/t14-,19?,20?;/m0./s1. The molecule has 2 N–H and O–H groups in total. The van der Waals surface area contributed by atoms with E-state index in [1.54, 1.807) is 0 Å². The summed E-state index contributed by atoms with van der Waals surface area (Å²) in [6.07, 6.45) is 0.129. The number of nitrogens with one attached hydrogen (secondary N) is 1. The van der Waals surface area contributed by atoms with E-state index < -0.39 is 64.5 Å². The van der Waals surface area contributed by atoms with Gasteiger partial charge in [0.1, 0.15) is 6.17 Å². The summed E-state index contributed by atoms with van der Waals surface area (Å²) in [4.78, 5) is 12.0. The molecule has 1 saturated carbocycles. The summed E-state index contributed by atoms with van der Waals surface area (Å²) in [5.74, 6) is -3.78. The van der Waals surface area contributed by atoms with Crippen LogP contribution >= 0.6 is 25.1 Å². The third-order valence-corrected chi connectivity index (χ3v) is 7.96. The second kappa shape index (κ2) is 12.4. The molecule has 0 saturated heterocycles. The molecule has 2 unspecified atom stereocenters. The second-order valence-electron chi connectivity index (χ2n) is 8.33. The van der Waals surface area contributed by atoms with Crippen LogP contribution in [0.25, 0.3) is 0 Å². The Morgan fingerprint density at radius 2 is 1.77 bits per heavy atom. The Balaban J connectivity index is 0.00000432. The summed E-state index contributed by atoms with van der Waals surface area (Å²) in [6, 6.07) is 5.71. The normalized spacial score (nSPS) is 19.2. The number of amides is 1. The van der Waals surface area contributed by atoms with Crippen molar-refractivity contribution in [1.82, 2.24) is 9.62 Å². The van der Waals surface area contributed by atoms with Crippen molar-refractivity contribution in [2.24, 2.45) is 0 Å². The number of hydrogen-bond donors (Lipinski definition) is 2. The molecule has 1 aliphatic rings. The molecule has 0 bridgehead atoms. The fourth-order valence-corrected chi connectivity index (χ4v) is 5.69. The van der Waals surface area contributed by atoms with Gasteiger partial charge in [0.05, 0.1) is 23.1 Å². The second-order valence-corrected chi connectivity index (χ2v) is 10.7. The predicted octanol–water partition coefficient (Wildman–Crippen LogP) is 4.31. The predicted molar refractivity (Wildman–Crippen MR) is 132 cm³/mol. The SMILES string of the molecule is C[C@@H](CO)NC(=O)c1ccc(CN(C2CCCCC2F)S(=O)(=O)c2ccc(Cl)cc2)c(F)c1F.S. The molecule has 0 heterocycles. The summed E-state index contributed by atoms with van der Waals surface area (Å²) < 4.78 is 72.3. The third-order valence-electron chi connectivity index (χ3n) is 5.82. The van der Waals surface area contributed by atoms with Crippen LogP contribution < -0.4 is 5.32 Å². The molecular formula is C23H28ClF3N2O4S2. The highest BCUT2D eigenvalue weighted by Crippen LogP contribution is 2.32. The van der Waals surface area contributed by atoms with Crippen LogP contribution in [0.5, 0.6) is 0 Å². The molecular weight excluding hydrogens is 525 g/mol. The van der Waals surface area contributed by atoms with Gasteiger partial charge in [0.25, 0.3) is 5.91 Å². The number of hydrogen-bond acceptors (Lipinski definition) is 4. The zero-order valence-electron chi connectivity index (χ0n) is 19.0. The lowest BCUT2D eigenvalue weighted by molar-refractivity contribution is 0.0917. The molecule has 1 amide bonds. The van der Waals surface area contributed by atoms with Crippen molar-refractivity contribution in [2.45, 2.75) is 62.3 Å². The van der Waals surface area contributed by atoms with Crippen LogP contribution in [0.2, 0.25) is 5.02 Å². The van der Waals surface area contributed by atoms with E-state index in [2.05, 4.69) is 5.32 Å². The van der Waals surface area contributed by atoms with Gasteiger partial charge in [0, 0.05) is 23.2 Å². The van der Waals surface area contributed by atoms with Gasteiger partial charge in [-0.3, -0.25) is 4.79 Å². The van der Waals surface area contributed by atoms with Crippen LogP contribution in [-0.4, -0.2) is 48.6 Å². The first kappa shape index (κ1) is 29.4. The molecule has 6 nitrogen and oxygen atoms in total. The van der Waals surface area contributed by atoms with Crippen LogP contribution in [-0.2, 0) is 16.6 Å². The van der Waals surface area contributed by atoms with Gasteiger partial charge in [-0.2, -0.15) is 17.8 Å². The van der Waals surface area contributed by atoms with E-state index in [1.165, 1.54) is 31.2 Å². The molecule has 2 aromatic carbocycles. The van der Waals surface area contributed by atoms with E-state index in [4.69, 9.17) is 16.7 Å². The summed E-state index contributed by atoms with van der Waals surface area (Å²) in [7, 11) is -4.29. The van der Waals surface area contributed by atoms with Crippen LogP contribution in [0.15, 0.2) is 41.3 Å². The van der Waals surface area contributed by atoms with Crippen molar-refractivity contribution in [1.29, 1.82) is 0 Å². The Bertz CT molecular complexity index is 1140. The van der Waals surface area contributed by atoms with Crippen LogP contribution in [0.4, 0.5) is 13.2 Å².